The minimum absolute atomic E-state index is 0. The first kappa shape index (κ1) is 23.1. The Kier molecular flexibility index (Phi) is 9.07. The molecule has 0 spiro atoms. The fraction of sp³-hybridized carbons (Fsp3) is 0.263. The molecule has 0 heterocycles. The van der Waals surface area contributed by atoms with Crippen LogP contribution in [0.15, 0.2) is 42.5 Å². The number of benzene rings is 2. The SMILES string of the molecule is Cl.O=C(OCCCN[C@@H](Cc1ccc(O)c(O)c1)C(=O)O)c1ccc(O)cc1. The molecule has 8 nitrogen and oxygen atoms in total. The summed E-state index contributed by atoms with van der Waals surface area (Å²) in [6, 6.07) is 8.92. The standard InChI is InChI=1S/C19H21NO7.ClH/c21-14-5-3-13(4-6-14)19(26)27-9-1-8-20-15(18(24)25)10-12-2-7-16(22)17(23)11-12;/h2-7,11,15,20-23H,1,8-10H2,(H,24,25);1H/t15-;/m0./s1. The Morgan fingerprint density at radius 2 is 1.68 bits per heavy atom. The zero-order valence-electron chi connectivity index (χ0n) is 14.9. The van der Waals surface area contributed by atoms with E-state index >= 15 is 0 Å². The van der Waals surface area contributed by atoms with Crippen molar-refractivity contribution in [3.05, 3.63) is 53.6 Å². The van der Waals surface area contributed by atoms with Gasteiger partial charge >= 0.3 is 11.9 Å². The molecule has 9 heteroatoms. The van der Waals surface area contributed by atoms with Gasteiger partial charge in [0.25, 0.3) is 0 Å². The van der Waals surface area contributed by atoms with Gasteiger partial charge in [-0.1, -0.05) is 6.07 Å². The fourth-order valence-corrected chi connectivity index (χ4v) is 2.37. The normalized spacial score (nSPS) is 11.3. The molecule has 0 amide bonds. The van der Waals surface area contributed by atoms with E-state index in [9.17, 15) is 30.0 Å². The van der Waals surface area contributed by atoms with E-state index in [0.29, 0.717) is 24.1 Å². The average Bonchev–Trinajstić information content (AvgIpc) is 2.63. The van der Waals surface area contributed by atoms with Crippen molar-refractivity contribution in [1.29, 1.82) is 0 Å². The predicted molar refractivity (Wildman–Crippen MR) is 103 cm³/mol. The summed E-state index contributed by atoms with van der Waals surface area (Å²) in [6.07, 6.45) is 0.533. The van der Waals surface area contributed by atoms with Crippen molar-refractivity contribution in [2.45, 2.75) is 18.9 Å². The van der Waals surface area contributed by atoms with E-state index in [1.807, 2.05) is 0 Å². The maximum absolute atomic E-state index is 11.8. The summed E-state index contributed by atoms with van der Waals surface area (Å²) in [5, 5.41) is 40.1. The van der Waals surface area contributed by atoms with Crippen molar-refractivity contribution in [1.82, 2.24) is 5.32 Å². The minimum Gasteiger partial charge on any atom is -0.508 e. The third-order valence-electron chi connectivity index (χ3n) is 3.83. The first-order valence-corrected chi connectivity index (χ1v) is 8.30. The minimum atomic E-state index is -1.05. The topological polar surface area (TPSA) is 136 Å². The lowest BCUT2D eigenvalue weighted by molar-refractivity contribution is -0.139. The van der Waals surface area contributed by atoms with Crippen molar-refractivity contribution >= 4 is 24.3 Å². The molecule has 0 aliphatic carbocycles. The quantitative estimate of drug-likeness (QED) is 0.240. The second kappa shape index (κ2) is 11.0. The van der Waals surface area contributed by atoms with E-state index in [1.165, 1.54) is 42.5 Å². The van der Waals surface area contributed by atoms with Gasteiger partial charge in [-0.2, -0.15) is 0 Å². The average molecular weight is 412 g/mol. The number of esters is 1. The van der Waals surface area contributed by atoms with Crippen LogP contribution in [0.25, 0.3) is 0 Å². The van der Waals surface area contributed by atoms with Crippen LogP contribution in [-0.2, 0) is 16.0 Å². The fourth-order valence-electron chi connectivity index (χ4n) is 2.37. The molecule has 2 rings (SSSR count). The Balaban J connectivity index is 0.00000392. The molecule has 0 saturated heterocycles. The van der Waals surface area contributed by atoms with Crippen molar-refractivity contribution in [3.63, 3.8) is 0 Å². The highest BCUT2D eigenvalue weighted by Crippen LogP contribution is 2.25. The first-order chi connectivity index (χ1) is 12.9. The van der Waals surface area contributed by atoms with Crippen molar-refractivity contribution in [3.8, 4) is 17.2 Å². The summed E-state index contributed by atoms with van der Waals surface area (Å²) in [4.78, 5) is 23.2. The molecule has 0 bridgehead atoms. The van der Waals surface area contributed by atoms with Crippen LogP contribution >= 0.6 is 12.4 Å². The summed E-state index contributed by atoms with van der Waals surface area (Å²) >= 11 is 0. The molecule has 28 heavy (non-hydrogen) atoms. The second-order valence-electron chi connectivity index (χ2n) is 5.91. The number of nitrogens with one attached hydrogen (secondary N) is 1. The molecule has 0 radical (unpaired) electrons. The molecule has 1 atom stereocenters. The van der Waals surface area contributed by atoms with Crippen molar-refractivity contribution in [2.24, 2.45) is 0 Å². The Bertz CT molecular complexity index is 795. The number of ether oxygens (including phenoxy) is 1. The smallest absolute Gasteiger partial charge is 0.338 e. The molecule has 2 aromatic carbocycles. The number of carbonyl (C=O) groups excluding carboxylic acids is 1. The van der Waals surface area contributed by atoms with E-state index in [4.69, 9.17) is 4.74 Å². The van der Waals surface area contributed by atoms with Gasteiger partial charge < -0.3 is 30.5 Å². The zero-order chi connectivity index (χ0) is 19.8. The van der Waals surface area contributed by atoms with E-state index in [1.54, 1.807) is 0 Å². The number of phenols is 3. The van der Waals surface area contributed by atoms with Crippen LogP contribution < -0.4 is 5.32 Å². The van der Waals surface area contributed by atoms with E-state index in [2.05, 4.69) is 5.32 Å². The number of carbonyl (C=O) groups is 2. The van der Waals surface area contributed by atoms with Gasteiger partial charge in [0, 0.05) is 0 Å². The van der Waals surface area contributed by atoms with E-state index in [-0.39, 0.29) is 42.7 Å². The van der Waals surface area contributed by atoms with Gasteiger partial charge in [-0.15, -0.1) is 12.4 Å². The molecule has 0 aliphatic rings. The lowest BCUT2D eigenvalue weighted by atomic mass is 10.1. The molecular weight excluding hydrogens is 390 g/mol. The highest BCUT2D eigenvalue weighted by molar-refractivity contribution is 5.89. The summed E-state index contributed by atoms with van der Waals surface area (Å²) in [5.41, 5.74) is 0.875. The number of phenolic OH excluding ortho intramolecular Hbond substituents is 3. The van der Waals surface area contributed by atoms with Crippen molar-refractivity contribution in [2.75, 3.05) is 13.2 Å². The van der Waals surface area contributed by atoms with Gasteiger partial charge in [-0.25, -0.2) is 4.79 Å². The molecule has 5 N–H and O–H groups in total. The van der Waals surface area contributed by atoms with Crippen LogP contribution in [-0.4, -0.2) is 51.6 Å². The van der Waals surface area contributed by atoms with Gasteiger partial charge in [0.2, 0.25) is 0 Å². The van der Waals surface area contributed by atoms with Crippen LogP contribution in [0.1, 0.15) is 22.3 Å². The van der Waals surface area contributed by atoms with Gasteiger partial charge in [-0.05, 0) is 61.3 Å². The van der Waals surface area contributed by atoms with Crippen molar-refractivity contribution < 1.29 is 34.8 Å². The second-order valence-corrected chi connectivity index (χ2v) is 5.91. The summed E-state index contributed by atoms with van der Waals surface area (Å²) < 4.78 is 5.09. The van der Waals surface area contributed by atoms with Crippen LogP contribution in [0, 0.1) is 0 Å². The molecule has 0 saturated carbocycles. The van der Waals surface area contributed by atoms with Gasteiger partial charge in [0.05, 0.1) is 12.2 Å². The maximum atomic E-state index is 11.8. The largest absolute Gasteiger partial charge is 0.508 e. The number of aromatic hydroxyl groups is 3. The van der Waals surface area contributed by atoms with Crippen LogP contribution in [0.2, 0.25) is 0 Å². The summed E-state index contributed by atoms with van der Waals surface area (Å²) in [6.45, 7) is 0.420. The lowest BCUT2D eigenvalue weighted by Crippen LogP contribution is -2.39. The highest BCUT2D eigenvalue weighted by Gasteiger charge is 2.18. The molecule has 2 aromatic rings. The summed E-state index contributed by atoms with van der Waals surface area (Å²) in [7, 11) is 0. The lowest BCUT2D eigenvalue weighted by Gasteiger charge is -2.15. The number of hydrogen-bond donors (Lipinski definition) is 5. The molecule has 0 aliphatic heterocycles. The highest BCUT2D eigenvalue weighted by atomic mass is 35.5. The van der Waals surface area contributed by atoms with Crippen LogP contribution in [0.3, 0.4) is 0 Å². The number of hydrogen-bond acceptors (Lipinski definition) is 7. The number of halogens is 1. The molecule has 0 fully saturated rings. The van der Waals surface area contributed by atoms with Gasteiger partial charge in [0.15, 0.2) is 11.5 Å². The molecular formula is C19H22ClNO7. The Morgan fingerprint density at radius 3 is 2.29 bits per heavy atom. The maximum Gasteiger partial charge on any atom is 0.338 e. The molecule has 152 valence electrons. The number of rotatable bonds is 9. The zero-order valence-corrected chi connectivity index (χ0v) is 15.7. The Labute approximate surface area is 167 Å². The van der Waals surface area contributed by atoms with Crippen LogP contribution in [0.5, 0.6) is 17.2 Å². The number of carboxylic acids is 1. The van der Waals surface area contributed by atoms with Gasteiger partial charge in [-0.3, -0.25) is 4.79 Å². The van der Waals surface area contributed by atoms with E-state index < -0.39 is 18.0 Å². The third kappa shape index (κ3) is 6.98. The van der Waals surface area contributed by atoms with Crippen LogP contribution in [0.4, 0.5) is 0 Å². The molecule has 0 aromatic heterocycles. The van der Waals surface area contributed by atoms with E-state index in [0.717, 1.165) is 0 Å². The molecule has 0 unspecified atom stereocenters. The first-order valence-electron chi connectivity index (χ1n) is 8.30. The number of carboxylic acid groups (broad SMARTS) is 1. The summed E-state index contributed by atoms with van der Waals surface area (Å²) in [5.74, 6) is -2.10. The Hall–Kier alpha value is -2.97. The Morgan fingerprint density at radius 1 is 1.00 bits per heavy atom. The monoisotopic (exact) mass is 411 g/mol. The van der Waals surface area contributed by atoms with Gasteiger partial charge in [0.1, 0.15) is 11.8 Å². The number of aliphatic carboxylic acids is 1. The third-order valence-corrected chi connectivity index (χ3v) is 3.83. The predicted octanol–water partition coefficient (Wildman–Crippen LogP) is 2.06.